The van der Waals surface area contributed by atoms with Gasteiger partial charge in [0.2, 0.25) is 0 Å². The van der Waals surface area contributed by atoms with E-state index >= 15 is 0 Å². The predicted octanol–water partition coefficient (Wildman–Crippen LogP) is -0.175. The fraction of sp³-hybridized carbons (Fsp3) is 1.00. The Morgan fingerprint density at radius 3 is 2.67 bits per heavy atom. The minimum Gasteiger partial charge on any atom is -0.394 e. The molecule has 0 amide bonds. The van der Waals surface area contributed by atoms with Crippen LogP contribution >= 0.6 is 11.8 Å². The summed E-state index contributed by atoms with van der Waals surface area (Å²) >= 11 is 1.99. The van der Waals surface area contributed by atoms with Gasteiger partial charge in [0.1, 0.15) is 0 Å². The van der Waals surface area contributed by atoms with E-state index in [-0.39, 0.29) is 6.61 Å². The van der Waals surface area contributed by atoms with Crippen molar-refractivity contribution in [2.75, 3.05) is 24.7 Å². The second-order valence-corrected chi connectivity index (χ2v) is 4.36. The van der Waals surface area contributed by atoms with Crippen molar-refractivity contribution >= 4 is 11.8 Å². The normalized spacial score (nSPS) is 22.5. The summed E-state index contributed by atoms with van der Waals surface area (Å²) in [5, 5.41) is 20.9. The third-order valence-electron chi connectivity index (χ3n) is 2.07. The molecule has 0 unspecified atom stereocenters. The first-order valence-corrected chi connectivity index (χ1v) is 5.58. The summed E-state index contributed by atoms with van der Waals surface area (Å²) < 4.78 is 0. The summed E-state index contributed by atoms with van der Waals surface area (Å²) in [4.78, 5) is 0. The quantitative estimate of drug-likeness (QED) is 0.577. The van der Waals surface area contributed by atoms with Crippen LogP contribution in [0.15, 0.2) is 0 Å². The van der Waals surface area contributed by atoms with Gasteiger partial charge in [-0.25, -0.2) is 0 Å². The molecule has 1 heterocycles. The Bertz CT molecular complexity index is 118. The van der Waals surface area contributed by atoms with Gasteiger partial charge in [0, 0.05) is 12.6 Å². The molecule has 0 aromatic heterocycles. The van der Waals surface area contributed by atoms with Crippen molar-refractivity contribution in [3.63, 3.8) is 0 Å². The van der Waals surface area contributed by atoms with Gasteiger partial charge in [-0.3, -0.25) is 0 Å². The predicted molar refractivity (Wildman–Crippen MR) is 51.4 cm³/mol. The van der Waals surface area contributed by atoms with Crippen LogP contribution in [-0.4, -0.2) is 47.0 Å². The molecule has 0 radical (unpaired) electrons. The van der Waals surface area contributed by atoms with Crippen LogP contribution in [0.3, 0.4) is 0 Å². The molecule has 0 bridgehead atoms. The minimum absolute atomic E-state index is 0.144. The van der Waals surface area contributed by atoms with E-state index in [0.29, 0.717) is 12.6 Å². The van der Waals surface area contributed by atoms with Gasteiger partial charge in [-0.2, -0.15) is 11.8 Å². The summed E-state index contributed by atoms with van der Waals surface area (Å²) in [6.45, 7) is 0.375. The van der Waals surface area contributed by atoms with Crippen molar-refractivity contribution in [1.29, 1.82) is 0 Å². The Balaban J connectivity index is 2.05. The highest BCUT2D eigenvalue weighted by atomic mass is 32.2. The Morgan fingerprint density at radius 2 is 2.08 bits per heavy atom. The van der Waals surface area contributed by atoms with Crippen molar-refractivity contribution in [3.8, 4) is 0 Å². The standard InChI is InChI=1S/C8H17NO2S/c10-6-8(11)5-9-7-1-3-12-4-2-7/h7-11H,1-6H2/t8-/m0/s1. The third kappa shape index (κ3) is 3.76. The van der Waals surface area contributed by atoms with Crippen molar-refractivity contribution in [2.45, 2.75) is 25.0 Å². The molecule has 72 valence electrons. The maximum atomic E-state index is 9.07. The Kier molecular flexibility index (Phi) is 4.99. The molecule has 1 fully saturated rings. The molecule has 1 rings (SSSR count). The van der Waals surface area contributed by atoms with Crippen LogP contribution < -0.4 is 5.32 Å². The second-order valence-electron chi connectivity index (χ2n) is 3.13. The summed E-state index contributed by atoms with van der Waals surface area (Å²) in [6.07, 6.45) is 1.77. The van der Waals surface area contributed by atoms with Crippen LogP contribution in [0, 0.1) is 0 Å². The molecule has 3 N–H and O–H groups in total. The lowest BCUT2D eigenvalue weighted by atomic mass is 10.1. The average Bonchev–Trinajstić information content (AvgIpc) is 2.16. The molecule has 4 heteroatoms. The van der Waals surface area contributed by atoms with Crippen molar-refractivity contribution in [1.82, 2.24) is 5.32 Å². The monoisotopic (exact) mass is 191 g/mol. The number of rotatable bonds is 4. The molecule has 0 saturated carbocycles. The van der Waals surface area contributed by atoms with Gasteiger partial charge in [-0.05, 0) is 24.3 Å². The molecule has 12 heavy (non-hydrogen) atoms. The summed E-state index contributed by atoms with van der Waals surface area (Å²) in [6, 6.07) is 0.549. The molecule has 0 aromatic carbocycles. The summed E-state index contributed by atoms with van der Waals surface area (Å²) in [5.41, 5.74) is 0. The Hall–Kier alpha value is 0.230. The molecule has 0 aromatic rings. The summed E-state index contributed by atoms with van der Waals surface area (Å²) in [5.74, 6) is 2.43. The lowest BCUT2D eigenvalue weighted by molar-refractivity contribution is 0.0915. The van der Waals surface area contributed by atoms with Crippen LogP contribution in [0.1, 0.15) is 12.8 Å². The average molecular weight is 191 g/mol. The fourth-order valence-electron chi connectivity index (χ4n) is 1.27. The van der Waals surface area contributed by atoms with Crippen LogP contribution in [0.2, 0.25) is 0 Å². The smallest absolute Gasteiger partial charge is 0.0895 e. The van der Waals surface area contributed by atoms with Crippen LogP contribution in [0.25, 0.3) is 0 Å². The van der Waals surface area contributed by atoms with Crippen molar-refractivity contribution in [3.05, 3.63) is 0 Å². The fourth-order valence-corrected chi connectivity index (χ4v) is 2.38. The second kappa shape index (κ2) is 5.80. The van der Waals surface area contributed by atoms with E-state index in [2.05, 4.69) is 5.32 Å². The van der Waals surface area contributed by atoms with Gasteiger partial charge in [0.25, 0.3) is 0 Å². The highest BCUT2D eigenvalue weighted by molar-refractivity contribution is 7.99. The van der Waals surface area contributed by atoms with Crippen LogP contribution in [0.5, 0.6) is 0 Å². The first-order chi connectivity index (χ1) is 5.83. The van der Waals surface area contributed by atoms with E-state index in [1.165, 1.54) is 24.3 Å². The topological polar surface area (TPSA) is 52.5 Å². The summed E-state index contributed by atoms with van der Waals surface area (Å²) in [7, 11) is 0. The van der Waals surface area contributed by atoms with Crippen molar-refractivity contribution < 1.29 is 10.2 Å². The van der Waals surface area contributed by atoms with Gasteiger partial charge in [0.05, 0.1) is 12.7 Å². The molecule has 1 saturated heterocycles. The largest absolute Gasteiger partial charge is 0.394 e. The van der Waals surface area contributed by atoms with E-state index < -0.39 is 6.10 Å². The Morgan fingerprint density at radius 1 is 1.42 bits per heavy atom. The SMILES string of the molecule is OC[C@@H](O)CNC1CCSCC1. The molecular weight excluding hydrogens is 174 g/mol. The molecule has 0 aliphatic carbocycles. The number of aliphatic hydroxyl groups is 2. The molecular formula is C8H17NO2S. The molecule has 1 aliphatic rings. The lowest BCUT2D eigenvalue weighted by Crippen LogP contribution is -2.38. The first kappa shape index (κ1) is 10.3. The number of thioether (sulfide) groups is 1. The number of nitrogens with one attached hydrogen (secondary N) is 1. The number of hydrogen-bond acceptors (Lipinski definition) is 4. The highest BCUT2D eigenvalue weighted by Crippen LogP contribution is 2.16. The maximum absolute atomic E-state index is 9.07. The zero-order valence-corrected chi connectivity index (χ0v) is 8.02. The van der Waals surface area contributed by atoms with E-state index in [4.69, 9.17) is 10.2 Å². The van der Waals surface area contributed by atoms with E-state index in [1.54, 1.807) is 0 Å². The zero-order chi connectivity index (χ0) is 8.81. The zero-order valence-electron chi connectivity index (χ0n) is 7.20. The molecule has 1 aliphatic heterocycles. The van der Waals surface area contributed by atoms with E-state index in [1.807, 2.05) is 11.8 Å². The van der Waals surface area contributed by atoms with Crippen LogP contribution in [0.4, 0.5) is 0 Å². The van der Waals surface area contributed by atoms with Gasteiger partial charge >= 0.3 is 0 Å². The van der Waals surface area contributed by atoms with Crippen molar-refractivity contribution in [2.24, 2.45) is 0 Å². The maximum Gasteiger partial charge on any atom is 0.0895 e. The molecule has 1 atom stereocenters. The van der Waals surface area contributed by atoms with Gasteiger partial charge in [-0.1, -0.05) is 0 Å². The van der Waals surface area contributed by atoms with Gasteiger partial charge in [0.15, 0.2) is 0 Å². The third-order valence-corrected chi connectivity index (χ3v) is 3.12. The minimum atomic E-state index is -0.598. The van der Waals surface area contributed by atoms with Gasteiger partial charge in [-0.15, -0.1) is 0 Å². The first-order valence-electron chi connectivity index (χ1n) is 4.43. The van der Waals surface area contributed by atoms with Crippen LogP contribution in [-0.2, 0) is 0 Å². The number of aliphatic hydroxyl groups excluding tert-OH is 2. The van der Waals surface area contributed by atoms with Gasteiger partial charge < -0.3 is 15.5 Å². The molecule has 3 nitrogen and oxygen atoms in total. The number of hydrogen-bond donors (Lipinski definition) is 3. The highest BCUT2D eigenvalue weighted by Gasteiger charge is 2.13. The molecule has 0 spiro atoms. The van der Waals surface area contributed by atoms with E-state index in [9.17, 15) is 0 Å². The lowest BCUT2D eigenvalue weighted by Gasteiger charge is -2.23. The Labute approximate surface area is 77.5 Å². The van der Waals surface area contributed by atoms with E-state index in [0.717, 1.165) is 0 Å².